The van der Waals surface area contributed by atoms with Crippen LogP contribution in [0.2, 0.25) is 0 Å². The highest BCUT2D eigenvalue weighted by Crippen LogP contribution is 2.43. The van der Waals surface area contributed by atoms with Crippen LogP contribution in [0.25, 0.3) is 0 Å². The second-order valence-corrected chi connectivity index (χ2v) is 11.9. The summed E-state index contributed by atoms with van der Waals surface area (Å²) in [5, 5.41) is 0. The number of aromatic amines is 1. The maximum atomic E-state index is 4.53. The first-order chi connectivity index (χ1) is 18.2. The molecule has 1 aromatic heterocycles. The molecule has 6 heteroatoms. The maximum absolute atomic E-state index is 4.53. The van der Waals surface area contributed by atoms with E-state index in [0.717, 1.165) is 44.3 Å². The molecule has 6 rings (SSSR count). The van der Waals surface area contributed by atoms with Crippen LogP contribution in [0.5, 0.6) is 0 Å². The van der Waals surface area contributed by atoms with Crippen molar-refractivity contribution in [3.05, 3.63) is 60.3 Å². The molecule has 2 aromatic rings. The molecule has 4 heterocycles. The number of piperidine rings is 1. The van der Waals surface area contributed by atoms with Gasteiger partial charge in [0.15, 0.2) is 0 Å². The van der Waals surface area contributed by atoms with E-state index in [0.29, 0.717) is 5.41 Å². The summed E-state index contributed by atoms with van der Waals surface area (Å²) >= 11 is 0. The number of imidazole rings is 1. The van der Waals surface area contributed by atoms with Crippen LogP contribution in [0.15, 0.2) is 53.9 Å². The third-order valence-electron chi connectivity index (χ3n) is 9.46. The molecule has 2 saturated heterocycles. The fourth-order valence-electron chi connectivity index (χ4n) is 7.11. The lowest BCUT2D eigenvalue weighted by atomic mass is 9.77. The summed E-state index contributed by atoms with van der Waals surface area (Å²) in [5.41, 5.74) is 4.62. The van der Waals surface area contributed by atoms with Crippen molar-refractivity contribution in [2.45, 2.75) is 76.8 Å². The van der Waals surface area contributed by atoms with E-state index in [2.05, 4.69) is 60.0 Å². The highest BCUT2D eigenvalue weighted by Gasteiger charge is 2.41. The van der Waals surface area contributed by atoms with Crippen molar-refractivity contribution >= 4 is 11.4 Å². The molecule has 1 aliphatic carbocycles. The zero-order chi connectivity index (χ0) is 24.9. The number of aromatic nitrogens is 2. The first-order valence-electron chi connectivity index (χ1n) is 14.7. The van der Waals surface area contributed by atoms with E-state index in [9.17, 15) is 0 Å². The summed E-state index contributed by atoms with van der Waals surface area (Å²) in [6, 6.07) is 10.3. The summed E-state index contributed by atoms with van der Waals surface area (Å²) < 4.78 is 0. The number of nitrogens with zero attached hydrogens (tertiary/aromatic N) is 5. The maximum Gasteiger partial charge on any atom is 0.120 e. The molecule has 4 aliphatic rings. The van der Waals surface area contributed by atoms with E-state index in [1.54, 1.807) is 0 Å². The minimum atomic E-state index is 0.550. The Morgan fingerprint density at radius 2 is 1.78 bits per heavy atom. The monoisotopic (exact) mass is 500 g/mol. The number of allylic oxidation sites excluding steroid dienone is 1. The number of hydrogen-bond donors (Lipinski definition) is 1. The molecule has 3 fully saturated rings. The Morgan fingerprint density at radius 1 is 0.973 bits per heavy atom. The number of likely N-dealkylation sites (tertiary alicyclic amines) is 1. The zero-order valence-corrected chi connectivity index (χ0v) is 22.5. The smallest absolute Gasteiger partial charge is 0.120 e. The van der Waals surface area contributed by atoms with E-state index in [1.165, 1.54) is 94.5 Å². The average molecular weight is 501 g/mol. The van der Waals surface area contributed by atoms with E-state index in [-0.39, 0.29) is 0 Å². The number of rotatable bonds is 9. The van der Waals surface area contributed by atoms with Crippen LogP contribution in [-0.2, 0) is 13.0 Å². The SMILES string of the molecule is C1=CN=C(CN(CCc2ccc(N3CCC4(CCN(C5CCCCC5)CC4)C3)cc2)Cc2ncc[nH]2)C1. The van der Waals surface area contributed by atoms with E-state index >= 15 is 0 Å². The molecule has 37 heavy (non-hydrogen) atoms. The van der Waals surface area contributed by atoms with Crippen molar-refractivity contribution in [3.63, 3.8) is 0 Å². The number of aliphatic imine (C=N–C) groups is 1. The van der Waals surface area contributed by atoms with E-state index in [4.69, 9.17) is 0 Å². The predicted molar refractivity (Wildman–Crippen MR) is 152 cm³/mol. The van der Waals surface area contributed by atoms with Gasteiger partial charge in [-0.1, -0.05) is 37.5 Å². The van der Waals surface area contributed by atoms with Crippen LogP contribution in [0.3, 0.4) is 0 Å². The van der Waals surface area contributed by atoms with Gasteiger partial charge < -0.3 is 14.8 Å². The highest BCUT2D eigenvalue weighted by molar-refractivity contribution is 5.89. The van der Waals surface area contributed by atoms with Gasteiger partial charge in [0.2, 0.25) is 0 Å². The Balaban J connectivity index is 1.00. The Kier molecular flexibility index (Phi) is 7.75. The third-order valence-corrected chi connectivity index (χ3v) is 9.46. The lowest BCUT2D eigenvalue weighted by Crippen LogP contribution is -2.46. The molecular weight excluding hydrogens is 456 g/mol. The summed E-state index contributed by atoms with van der Waals surface area (Å²) in [7, 11) is 0. The van der Waals surface area contributed by atoms with Crippen LogP contribution < -0.4 is 4.90 Å². The van der Waals surface area contributed by atoms with Gasteiger partial charge in [0.05, 0.1) is 6.54 Å². The lowest BCUT2D eigenvalue weighted by molar-refractivity contribution is 0.0689. The fourth-order valence-corrected chi connectivity index (χ4v) is 7.11. The molecule has 1 spiro atoms. The van der Waals surface area contributed by atoms with Gasteiger partial charge in [0, 0.05) is 68.6 Å². The molecule has 6 nitrogen and oxygen atoms in total. The number of H-pyrrole nitrogens is 1. The molecule has 1 aromatic carbocycles. The largest absolute Gasteiger partial charge is 0.371 e. The second-order valence-electron chi connectivity index (χ2n) is 11.9. The van der Waals surface area contributed by atoms with Crippen LogP contribution >= 0.6 is 0 Å². The van der Waals surface area contributed by atoms with Crippen LogP contribution in [0, 0.1) is 5.41 Å². The van der Waals surface area contributed by atoms with Crippen molar-refractivity contribution in [1.82, 2.24) is 19.8 Å². The Labute approximate surface area is 222 Å². The van der Waals surface area contributed by atoms with Crippen LogP contribution in [0.4, 0.5) is 5.69 Å². The van der Waals surface area contributed by atoms with Crippen molar-refractivity contribution in [3.8, 4) is 0 Å². The van der Waals surface area contributed by atoms with Gasteiger partial charge in [-0.15, -0.1) is 0 Å². The normalized spacial score (nSPS) is 22.4. The van der Waals surface area contributed by atoms with Crippen molar-refractivity contribution in [1.29, 1.82) is 0 Å². The standard InChI is InChI=1S/C31H44N6/c1-2-6-28(7-3-1)36-20-13-31(14-21-36)15-22-37(25-31)29-10-8-26(9-11-29)12-19-35(23-27-5-4-16-32-27)24-30-33-17-18-34-30/h4,8-11,16-18,28H,1-3,5-7,12-15,19-25H2,(H,33,34). The van der Waals surface area contributed by atoms with Gasteiger partial charge in [0.1, 0.15) is 5.82 Å². The van der Waals surface area contributed by atoms with Gasteiger partial charge >= 0.3 is 0 Å². The Morgan fingerprint density at radius 3 is 2.51 bits per heavy atom. The van der Waals surface area contributed by atoms with E-state index in [1.807, 2.05) is 18.6 Å². The van der Waals surface area contributed by atoms with Gasteiger partial charge in [-0.05, 0) is 74.7 Å². The van der Waals surface area contributed by atoms with Gasteiger partial charge in [-0.25, -0.2) is 4.98 Å². The molecule has 1 saturated carbocycles. The molecule has 198 valence electrons. The quantitative estimate of drug-likeness (QED) is 0.498. The Hall–Kier alpha value is -2.44. The summed E-state index contributed by atoms with van der Waals surface area (Å²) in [6.07, 6.45) is 21.2. The fraction of sp³-hybridized carbons (Fsp3) is 0.613. The molecule has 3 aliphatic heterocycles. The second kappa shape index (κ2) is 11.5. The molecule has 0 atom stereocenters. The van der Waals surface area contributed by atoms with E-state index < -0.39 is 0 Å². The molecule has 1 N–H and O–H groups in total. The third kappa shape index (κ3) is 6.18. The number of anilines is 1. The average Bonchev–Trinajstić information content (AvgIpc) is 3.73. The molecule has 0 bridgehead atoms. The minimum absolute atomic E-state index is 0.550. The van der Waals surface area contributed by atoms with Gasteiger partial charge in [0.25, 0.3) is 0 Å². The topological polar surface area (TPSA) is 50.8 Å². The molecule has 0 unspecified atom stereocenters. The van der Waals surface area contributed by atoms with Crippen molar-refractivity contribution in [2.75, 3.05) is 44.2 Å². The summed E-state index contributed by atoms with van der Waals surface area (Å²) in [6.45, 7) is 7.86. The predicted octanol–water partition coefficient (Wildman–Crippen LogP) is 5.44. The van der Waals surface area contributed by atoms with Crippen molar-refractivity contribution in [2.24, 2.45) is 10.4 Å². The zero-order valence-electron chi connectivity index (χ0n) is 22.5. The number of nitrogens with one attached hydrogen (secondary N) is 1. The highest BCUT2D eigenvalue weighted by atomic mass is 15.2. The van der Waals surface area contributed by atoms with Crippen molar-refractivity contribution < 1.29 is 0 Å². The summed E-state index contributed by atoms with van der Waals surface area (Å²) in [4.78, 5) is 20.2. The van der Waals surface area contributed by atoms with Gasteiger partial charge in [-0.3, -0.25) is 9.89 Å². The Bertz CT molecular complexity index is 1040. The van der Waals surface area contributed by atoms with Gasteiger partial charge in [-0.2, -0.15) is 0 Å². The molecular formula is C31H44N6. The van der Waals surface area contributed by atoms with Crippen LogP contribution in [-0.4, -0.2) is 70.8 Å². The number of benzene rings is 1. The summed E-state index contributed by atoms with van der Waals surface area (Å²) in [5.74, 6) is 1.02. The lowest BCUT2D eigenvalue weighted by Gasteiger charge is -2.43. The first-order valence-corrected chi connectivity index (χ1v) is 14.7. The molecule has 0 amide bonds. The number of hydrogen-bond acceptors (Lipinski definition) is 5. The van der Waals surface area contributed by atoms with Crippen LogP contribution in [0.1, 0.15) is 69.2 Å². The molecule has 0 radical (unpaired) electrons. The first kappa shape index (κ1) is 24.9. The minimum Gasteiger partial charge on any atom is -0.371 e.